The van der Waals surface area contributed by atoms with Crippen LogP contribution in [0.4, 0.5) is 11.4 Å². The van der Waals surface area contributed by atoms with E-state index in [0.29, 0.717) is 10.6 Å². The molecule has 3 nitrogen and oxygen atoms in total. The van der Waals surface area contributed by atoms with Crippen LogP contribution in [0.1, 0.15) is 0 Å². The number of thioether (sulfide) groups is 1. The van der Waals surface area contributed by atoms with E-state index in [1.165, 1.54) is 5.39 Å². The molecule has 1 heterocycles. The van der Waals surface area contributed by atoms with E-state index in [1.54, 1.807) is 11.8 Å². The molecule has 25 heavy (non-hydrogen) atoms. The van der Waals surface area contributed by atoms with Gasteiger partial charge < -0.3 is 10.6 Å². The van der Waals surface area contributed by atoms with Crippen LogP contribution in [0.25, 0.3) is 10.8 Å². The summed E-state index contributed by atoms with van der Waals surface area (Å²) < 4.78 is 0. The summed E-state index contributed by atoms with van der Waals surface area (Å²) in [4.78, 5) is 1.52. The molecule has 1 aliphatic heterocycles. The SMILES string of the molecule is N#C/C(C(=S)Nc1ccccc1)=C1\Nc2c(ccc3ccccc23)S1. The molecule has 0 radical (unpaired) electrons. The van der Waals surface area contributed by atoms with Gasteiger partial charge in [0.1, 0.15) is 16.6 Å². The first-order chi connectivity index (χ1) is 12.3. The number of hydrogen-bond donors (Lipinski definition) is 2. The zero-order valence-electron chi connectivity index (χ0n) is 13.1. The van der Waals surface area contributed by atoms with Crippen molar-refractivity contribution in [1.29, 1.82) is 5.26 Å². The molecule has 1 aliphatic rings. The third-order valence-electron chi connectivity index (χ3n) is 3.94. The van der Waals surface area contributed by atoms with Crippen molar-refractivity contribution in [2.45, 2.75) is 4.90 Å². The van der Waals surface area contributed by atoms with Gasteiger partial charge in [-0.05, 0) is 23.6 Å². The lowest BCUT2D eigenvalue weighted by molar-refractivity contribution is 1.47. The minimum Gasteiger partial charge on any atom is -0.347 e. The predicted molar refractivity (Wildman–Crippen MR) is 109 cm³/mol. The highest BCUT2D eigenvalue weighted by Gasteiger charge is 2.23. The van der Waals surface area contributed by atoms with E-state index in [-0.39, 0.29) is 0 Å². The Hall–Kier alpha value is -2.81. The molecule has 0 unspecified atom stereocenters. The van der Waals surface area contributed by atoms with Gasteiger partial charge in [-0.15, -0.1) is 0 Å². The van der Waals surface area contributed by atoms with Crippen LogP contribution in [0, 0.1) is 11.3 Å². The zero-order chi connectivity index (χ0) is 17.2. The monoisotopic (exact) mass is 359 g/mol. The number of para-hydroxylation sites is 1. The molecule has 3 aromatic carbocycles. The van der Waals surface area contributed by atoms with E-state index in [0.717, 1.165) is 26.7 Å². The van der Waals surface area contributed by atoms with Gasteiger partial charge in [0.25, 0.3) is 0 Å². The van der Waals surface area contributed by atoms with E-state index < -0.39 is 0 Å². The number of anilines is 2. The number of nitrogens with zero attached hydrogens (tertiary/aromatic N) is 1. The fourth-order valence-electron chi connectivity index (χ4n) is 2.75. The minimum absolute atomic E-state index is 0.417. The molecular weight excluding hydrogens is 346 g/mol. The van der Waals surface area contributed by atoms with Crippen molar-refractivity contribution >= 4 is 51.1 Å². The zero-order valence-corrected chi connectivity index (χ0v) is 14.7. The Kier molecular flexibility index (Phi) is 4.14. The van der Waals surface area contributed by atoms with Crippen LogP contribution in [-0.2, 0) is 0 Å². The Balaban J connectivity index is 1.69. The number of rotatable bonds is 2. The third kappa shape index (κ3) is 2.98. The quantitative estimate of drug-likeness (QED) is 0.358. The number of hydrogen-bond acceptors (Lipinski definition) is 4. The van der Waals surface area contributed by atoms with Gasteiger partial charge in [-0.3, -0.25) is 0 Å². The molecule has 0 spiro atoms. The van der Waals surface area contributed by atoms with Crippen molar-refractivity contribution in [2.24, 2.45) is 0 Å². The first kappa shape index (κ1) is 15.7. The molecule has 4 rings (SSSR count). The number of fused-ring (bicyclic) bond motifs is 3. The van der Waals surface area contributed by atoms with Crippen LogP contribution in [0.3, 0.4) is 0 Å². The van der Waals surface area contributed by atoms with E-state index in [1.807, 2.05) is 42.5 Å². The Morgan fingerprint density at radius 1 is 1.00 bits per heavy atom. The molecule has 0 aromatic heterocycles. The van der Waals surface area contributed by atoms with Gasteiger partial charge in [0.2, 0.25) is 0 Å². The van der Waals surface area contributed by atoms with Crippen LogP contribution in [0.2, 0.25) is 0 Å². The fraction of sp³-hybridized carbons (Fsp3) is 0. The number of nitriles is 1. The average Bonchev–Trinajstić information content (AvgIpc) is 3.07. The molecule has 120 valence electrons. The standard InChI is InChI=1S/C20H13N3S2/c21-12-16(19(24)22-14-7-2-1-3-8-14)20-23-18-15-9-5-4-6-13(15)10-11-17(18)25-20/h1-11,23H,(H,22,24)/b20-16-. The van der Waals surface area contributed by atoms with E-state index in [9.17, 15) is 5.26 Å². The molecule has 0 aliphatic carbocycles. The molecule has 5 heteroatoms. The summed E-state index contributed by atoms with van der Waals surface area (Å²) in [7, 11) is 0. The molecular formula is C20H13N3S2. The topological polar surface area (TPSA) is 47.9 Å². The Bertz CT molecular complexity index is 1050. The molecule has 0 bridgehead atoms. The third-order valence-corrected chi connectivity index (χ3v) is 5.32. The van der Waals surface area contributed by atoms with E-state index in [4.69, 9.17) is 12.2 Å². The minimum atomic E-state index is 0.417. The summed E-state index contributed by atoms with van der Waals surface area (Å²) in [6.45, 7) is 0. The van der Waals surface area contributed by atoms with Crippen molar-refractivity contribution in [3.05, 3.63) is 77.3 Å². The fourth-order valence-corrected chi connectivity index (χ4v) is 4.10. The van der Waals surface area contributed by atoms with E-state index in [2.05, 4.69) is 41.0 Å². The maximum absolute atomic E-state index is 9.64. The molecule has 0 atom stereocenters. The molecule has 2 N–H and O–H groups in total. The number of benzene rings is 3. The first-order valence-corrected chi connectivity index (χ1v) is 8.96. The Morgan fingerprint density at radius 2 is 1.76 bits per heavy atom. The van der Waals surface area contributed by atoms with Gasteiger partial charge in [-0.1, -0.05) is 72.5 Å². The molecule has 3 aromatic rings. The Morgan fingerprint density at radius 3 is 2.56 bits per heavy atom. The second-order valence-corrected chi connectivity index (χ2v) is 6.98. The number of nitrogens with one attached hydrogen (secondary N) is 2. The maximum atomic E-state index is 9.64. The molecule has 0 saturated carbocycles. The lowest BCUT2D eigenvalue weighted by Gasteiger charge is -2.09. The van der Waals surface area contributed by atoms with E-state index >= 15 is 0 Å². The van der Waals surface area contributed by atoms with Crippen molar-refractivity contribution in [1.82, 2.24) is 0 Å². The summed E-state index contributed by atoms with van der Waals surface area (Å²) in [6.07, 6.45) is 0. The van der Waals surface area contributed by atoms with Crippen molar-refractivity contribution in [3.8, 4) is 6.07 Å². The van der Waals surface area contributed by atoms with Crippen LogP contribution >= 0.6 is 24.0 Å². The van der Waals surface area contributed by atoms with Crippen molar-refractivity contribution in [2.75, 3.05) is 10.6 Å². The highest BCUT2D eigenvalue weighted by Crippen LogP contribution is 2.45. The van der Waals surface area contributed by atoms with Crippen LogP contribution in [0.15, 0.2) is 82.2 Å². The van der Waals surface area contributed by atoms with Gasteiger partial charge in [0, 0.05) is 16.0 Å². The highest BCUT2D eigenvalue weighted by molar-refractivity contribution is 8.03. The summed E-state index contributed by atoms with van der Waals surface area (Å²) in [6, 6.07) is 24.2. The summed E-state index contributed by atoms with van der Waals surface area (Å²) in [5, 5.41) is 19.2. The van der Waals surface area contributed by atoms with Gasteiger partial charge in [0.15, 0.2) is 0 Å². The van der Waals surface area contributed by atoms with Gasteiger partial charge >= 0.3 is 0 Å². The lowest BCUT2D eigenvalue weighted by Crippen LogP contribution is -2.13. The summed E-state index contributed by atoms with van der Waals surface area (Å²) >= 11 is 7.00. The van der Waals surface area contributed by atoms with Gasteiger partial charge in [-0.25, -0.2) is 0 Å². The molecule has 0 saturated heterocycles. The summed E-state index contributed by atoms with van der Waals surface area (Å²) in [5.74, 6) is 0. The predicted octanol–water partition coefficient (Wildman–Crippen LogP) is 5.53. The second-order valence-electron chi connectivity index (χ2n) is 5.52. The van der Waals surface area contributed by atoms with Crippen molar-refractivity contribution < 1.29 is 0 Å². The van der Waals surface area contributed by atoms with Gasteiger partial charge in [0.05, 0.1) is 10.7 Å². The van der Waals surface area contributed by atoms with Crippen molar-refractivity contribution in [3.63, 3.8) is 0 Å². The number of thiocarbonyl (C=S) groups is 1. The van der Waals surface area contributed by atoms with Crippen LogP contribution < -0.4 is 10.6 Å². The first-order valence-electron chi connectivity index (χ1n) is 7.73. The highest BCUT2D eigenvalue weighted by atomic mass is 32.2. The van der Waals surface area contributed by atoms with Crippen LogP contribution in [0.5, 0.6) is 0 Å². The second kappa shape index (κ2) is 6.60. The largest absolute Gasteiger partial charge is 0.347 e. The smallest absolute Gasteiger partial charge is 0.124 e. The maximum Gasteiger partial charge on any atom is 0.124 e. The normalized spacial score (nSPS) is 14.4. The van der Waals surface area contributed by atoms with Crippen LogP contribution in [-0.4, -0.2) is 4.99 Å². The molecule has 0 fully saturated rings. The molecule has 0 amide bonds. The average molecular weight is 359 g/mol. The summed E-state index contributed by atoms with van der Waals surface area (Å²) in [5.41, 5.74) is 2.35. The lowest BCUT2D eigenvalue weighted by atomic mass is 10.1. The van der Waals surface area contributed by atoms with Gasteiger partial charge in [-0.2, -0.15) is 5.26 Å². The Labute approximate surface area is 155 Å².